The maximum atomic E-state index is 11.8. The van der Waals surface area contributed by atoms with Crippen molar-refractivity contribution >= 4 is 0 Å². The van der Waals surface area contributed by atoms with E-state index < -0.39 is 23.8 Å². The smallest absolute Gasteiger partial charge is 0.209 e. The van der Waals surface area contributed by atoms with Gasteiger partial charge in [0, 0.05) is 0 Å². The summed E-state index contributed by atoms with van der Waals surface area (Å²) >= 11 is 0. The summed E-state index contributed by atoms with van der Waals surface area (Å²) in [5, 5.41) is 0. The molecule has 0 aliphatic carbocycles. The molecule has 0 aromatic rings. The van der Waals surface area contributed by atoms with Crippen LogP contribution >= 0.6 is 0 Å². The summed E-state index contributed by atoms with van der Waals surface area (Å²) in [5.41, 5.74) is 0. The van der Waals surface area contributed by atoms with Crippen molar-refractivity contribution in [3.63, 3.8) is 0 Å². The highest BCUT2D eigenvalue weighted by Crippen LogP contribution is 2.42. The number of halogens is 7. The summed E-state index contributed by atoms with van der Waals surface area (Å²) in [6.07, 6.45) is -6.11. The van der Waals surface area contributed by atoms with Gasteiger partial charge in [0.05, 0.1) is 0 Å². The molecule has 0 aliphatic heterocycles. The summed E-state index contributed by atoms with van der Waals surface area (Å²) in [6, 6.07) is 0. The van der Waals surface area contributed by atoms with Gasteiger partial charge in [0.2, 0.25) is 5.83 Å². The van der Waals surface area contributed by atoms with Crippen LogP contribution in [0.2, 0.25) is 0 Å². The Labute approximate surface area is 62.7 Å². The van der Waals surface area contributed by atoms with Crippen LogP contribution in [-0.2, 0) is 0 Å². The van der Waals surface area contributed by atoms with E-state index in [4.69, 9.17) is 0 Å². The van der Waals surface area contributed by atoms with Crippen LogP contribution in [-0.4, -0.2) is 12.1 Å². The van der Waals surface area contributed by atoms with E-state index in [0.29, 0.717) is 0 Å². The van der Waals surface area contributed by atoms with Crippen molar-refractivity contribution in [1.29, 1.82) is 0 Å². The zero-order valence-electron chi connectivity index (χ0n) is 5.65. The minimum absolute atomic E-state index is 0.176. The van der Waals surface area contributed by atoms with Crippen molar-refractivity contribution in [2.24, 2.45) is 0 Å². The van der Waals surface area contributed by atoms with Gasteiger partial charge in [-0.25, -0.2) is 8.78 Å². The van der Waals surface area contributed by atoms with Gasteiger partial charge >= 0.3 is 12.1 Å². The average molecular weight is 196 g/mol. The Kier molecular flexibility index (Phi) is 2.76. The van der Waals surface area contributed by atoms with E-state index in [-0.39, 0.29) is 6.92 Å². The quantitative estimate of drug-likeness (QED) is 0.564. The molecule has 0 atom stereocenters. The normalized spacial score (nSPS) is 16.0. The van der Waals surface area contributed by atoms with Gasteiger partial charge in [0.1, 0.15) is 5.83 Å². The van der Waals surface area contributed by atoms with E-state index in [1.807, 2.05) is 0 Å². The maximum Gasteiger partial charge on any atom is 0.460 e. The molecule has 12 heavy (non-hydrogen) atoms. The standard InChI is InChI=1S/C5H3F7/c1-2(6)3(7)4(8,9)5(10,11)12/h1H3. The van der Waals surface area contributed by atoms with Crippen LogP contribution in [0.3, 0.4) is 0 Å². The molecular weight excluding hydrogens is 193 g/mol. The Hall–Kier alpha value is -0.750. The highest BCUT2D eigenvalue weighted by molar-refractivity contribution is 5.10. The van der Waals surface area contributed by atoms with Crippen molar-refractivity contribution in [3.8, 4) is 0 Å². The molecule has 0 aromatic carbocycles. The number of allylic oxidation sites excluding steroid dienone is 2. The number of rotatable bonds is 1. The summed E-state index contributed by atoms with van der Waals surface area (Å²) in [7, 11) is 0. The van der Waals surface area contributed by atoms with Crippen molar-refractivity contribution in [1.82, 2.24) is 0 Å². The second kappa shape index (κ2) is 2.95. The Morgan fingerprint density at radius 2 is 1.25 bits per heavy atom. The molecule has 0 spiro atoms. The molecule has 0 nitrogen and oxygen atoms in total. The van der Waals surface area contributed by atoms with Crippen LogP contribution in [0.1, 0.15) is 6.92 Å². The summed E-state index contributed by atoms with van der Waals surface area (Å²) in [5.74, 6) is -11.0. The van der Waals surface area contributed by atoms with Gasteiger partial charge < -0.3 is 0 Å². The Morgan fingerprint density at radius 3 is 1.33 bits per heavy atom. The van der Waals surface area contributed by atoms with Crippen LogP contribution in [0.5, 0.6) is 0 Å². The summed E-state index contributed by atoms with van der Waals surface area (Å²) in [6.45, 7) is 0.176. The van der Waals surface area contributed by atoms with Gasteiger partial charge in [-0.3, -0.25) is 0 Å². The number of hydrogen-bond acceptors (Lipinski definition) is 0. The molecule has 0 saturated heterocycles. The molecule has 0 bridgehead atoms. The van der Waals surface area contributed by atoms with Crippen LogP contribution in [0.15, 0.2) is 11.7 Å². The lowest BCUT2D eigenvalue weighted by Gasteiger charge is -2.17. The molecule has 0 unspecified atom stereocenters. The highest BCUT2D eigenvalue weighted by Gasteiger charge is 2.62. The fraction of sp³-hybridized carbons (Fsp3) is 0.600. The van der Waals surface area contributed by atoms with Gasteiger partial charge in [0.15, 0.2) is 0 Å². The number of alkyl halides is 5. The molecule has 0 amide bonds. The lowest BCUT2D eigenvalue weighted by Crippen LogP contribution is -2.37. The van der Waals surface area contributed by atoms with Gasteiger partial charge in [-0.1, -0.05) is 0 Å². The van der Waals surface area contributed by atoms with Crippen molar-refractivity contribution in [3.05, 3.63) is 11.7 Å². The third-order valence-corrected chi connectivity index (χ3v) is 0.934. The van der Waals surface area contributed by atoms with Gasteiger partial charge in [0.25, 0.3) is 0 Å². The second-order valence-corrected chi connectivity index (χ2v) is 1.92. The SMILES string of the molecule is CC(F)=C(F)C(F)(F)C(F)(F)F. The molecule has 0 heterocycles. The van der Waals surface area contributed by atoms with Crippen LogP contribution in [0, 0.1) is 0 Å². The van der Waals surface area contributed by atoms with Crippen molar-refractivity contribution in [2.45, 2.75) is 19.0 Å². The average Bonchev–Trinajstić information content (AvgIpc) is 1.83. The zero-order valence-corrected chi connectivity index (χ0v) is 5.65. The molecule has 0 N–H and O–H groups in total. The van der Waals surface area contributed by atoms with Crippen LogP contribution in [0.4, 0.5) is 30.7 Å². The molecule has 7 heteroatoms. The van der Waals surface area contributed by atoms with Gasteiger partial charge in [-0.05, 0) is 6.92 Å². The van der Waals surface area contributed by atoms with Gasteiger partial charge in [-0.2, -0.15) is 22.0 Å². The highest BCUT2D eigenvalue weighted by atomic mass is 19.4. The van der Waals surface area contributed by atoms with Gasteiger partial charge in [-0.15, -0.1) is 0 Å². The predicted octanol–water partition coefficient (Wildman–Crippen LogP) is 3.35. The Balaban J connectivity index is 5.01. The minimum Gasteiger partial charge on any atom is -0.209 e. The maximum absolute atomic E-state index is 11.8. The van der Waals surface area contributed by atoms with E-state index >= 15 is 0 Å². The Bertz CT molecular complexity index is 194. The fourth-order valence-electron chi connectivity index (χ4n) is 0.341. The number of hydrogen-bond donors (Lipinski definition) is 0. The third-order valence-electron chi connectivity index (χ3n) is 0.934. The topological polar surface area (TPSA) is 0 Å². The molecular formula is C5H3F7. The van der Waals surface area contributed by atoms with Crippen LogP contribution in [0.25, 0.3) is 0 Å². The monoisotopic (exact) mass is 196 g/mol. The first-order valence-electron chi connectivity index (χ1n) is 2.57. The molecule has 72 valence electrons. The fourth-order valence-corrected chi connectivity index (χ4v) is 0.341. The Morgan fingerprint density at radius 1 is 0.917 bits per heavy atom. The van der Waals surface area contributed by atoms with Crippen molar-refractivity contribution < 1.29 is 30.7 Å². The molecule has 0 radical (unpaired) electrons. The van der Waals surface area contributed by atoms with Crippen molar-refractivity contribution in [2.75, 3.05) is 0 Å². The van der Waals surface area contributed by atoms with E-state index in [1.165, 1.54) is 0 Å². The van der Waals surface area contributed by atoms with Crippen LogP contribution < -0.4 is 0 Å². The first-order valence-corrected chi connectivity index (χ1v) is 2.57. The summed E-state index contributed by atoms with van der Waals surface area (Å²) < 4.78 is 80.8. The largest absolute Gasteiger partial charge is 0.460 e. The molecule has 0 rings (SSSR count). The third kappa shape index (κ3) is 1.89. The van der Waals surface area contributed by atoms with E-state index in [0.717, 1.165) is 0 Å². The predicted molar refractivity (Wildman–Crippen MR) is 25.9 cm³/mol. The second-order valence-electron chi connectivity index (χ2n) is 1.92. The molecule has 0 saturated carbocycles. The minimum atomic E-state index is -6.11. The first-order chi connectivity index (χ1) is 5.10. The lowest BCUT2D eigenvalue weighted by atomic mass is 10.2. The van der Waals surface area contributed by atoms with E-state index in [2.05, 4.69) is 0 Å². The molecule has 0 fully saturated rings. The summed E-state index contributed by atoms with van der Waals surface area (Å²) in [4.78, 5) is 0. The van der Waals surface area contributed by atoms with E-state index in [9.17, 15) is 30.7 Å². The molecule has 0 aliphatic rings. The first kappa shape index (κ1) is 11.2. The van der Waals surface area contributed by atoms with E-state index in [1.54, 1.807) is 0 Å². The molecule has 0 aromatic heterocycles. The zero-order chi connectivity index (χ0) is 10.2. The lowest BCUT2D eigenvalue weighted by molar-refractivity contribution is -0.271.